The molecule has 0 bridgehead atoms. The third-order valence-corrected chi connectivity index (χ3v) is 5.04. The maximum Gasteiger partial charge on any atom is 0.223 e. The molecule has 0 saturated carbocycles. The lowest BCUT2D eigenvalue weighted by atomic mass is 9.97. The van der Waals surface area contributed by atoms with Crippen LogP contribution >= 0.6 is 0 Å². The summed E-state index contributed by atoms with van der Waals surface area (Å²) in [5.41, 5.74) is 1.97. The third kappa shape index (κ3) is 3.16. The minimum absolute atomic E-state index is 0.0295. The van der Waals surface area contributed by atoms with Crippen molar-refractivity contribution in [2.75, 3.05) is 11.4 Å². The van der Waals surface area contributed by atoms with E-state index in [0.29, 0.717) is 6.54 Å². The van der Waals surface area contributed by atoms with Gasteiger partial charge in [-0.3, -0.25) is 4.79 Å². The average molecular weight is 294 g/mol. The number of rotatable bonds is 2. The lowest BCUT2D eigenvalue weighted by molar-refractivity contribution is -0.116. The molecule has 1 amide bonds. The maximum absolute atomic E-state index is 12.3. The molecule has 0 saturated heterocycles. The number of anilines is 1. The summed E-state index contributed by atoms with van der Waals surface area (Å²) in [7, 11) is 0. The fourth-order valence-electron chi connectivity index (χ4n) is 2.32. The SMILES string of the molecule is CC(=O)N1CC[C@@H](N[S@+]([O-])C(C)(C)C)c2ccccc21. The Bertz CT molecular complexity index is 499. The van der Waals surface area contributed by atoms with Gasteiger partial charge >= 0.3 is 0 Å². The van der Waals surface area contributed by atoms with Crippen molar-refractivity contribution in [2.24, 2.45) is 0 Å². The predicted octanol–water partition coefficient (Wildman–Crippen LogP) is 2.54. The van der Waals surface area contributed by atoms with E-state index in [0.717, 1.165) is 17.7 Å². The second-order valence-electron chi connectivity index (χ2n) is 6.07. The van der Waals surface area contributed by atoms with Crippen LogP contribution in [0.15, 0.2) is 24.3 Å². The normalized spacial score (nSPS) is 20.4. The number of amides is 1. The van der Waals surface area contributed by atoms with E-state index in [1.165, 1.54) is 0 Å². The van der Waals surface area contributed by atoms with Gasteiger partial charge in [0, 0.05) is 30.5 Å². The van der Waals surface area contributed by atoms with Crippen molar-refractivity contribution in [3.63, 3.8) is 0 Å². The van der Waals surface area contributed by atoms with Gasteiger partial charge in [0.15, 0.2) is 0 Å². The average Bonchev–Trinajstić information content (AvgIpc) is 2.37. The molecule has 1 aliphatic heterocycles. The number of nitrogens with zero attached hydrogens (tertiary/aromatic N) is 1. The molecular weight excluding hydrogens is 272 g/mol. The predicted molar refractivity (Wildman–Crippen MR) is 82.9 cm³/mol. The Morgan fingerprint density at radius 2 is 2.05 bits per heavy atom. The first-order chi connectivity index (χ1) is 9.30. The summed E-state index contributed by atoms with van der Waals surface area (Å²) >= 11 is -1.12. The lowest BCUT2D eigenvalue weighted by Crippen LogP contribution is -2.45. The Labute approximate surface area is 123 Å². The van der Waals surface area contributed by atoms with E-state index < -0.39 is 11.4 Å². The Morgan fingerprint density at radius 3 is 2.65 bits per heavy atom. The zero-order chi connectivity index (χ0) is 14.9. The first-order valence-electron chi connectivity index (χ1n) is 6.86. The number of hydrogen-bond donors (Lipinski definition) is 1. The number of para-hydroxylation sites is 1. The molecule has 0 aromatic heterocycles. The van der Waals surface area contributed by atoms with Gasteiger partial charge in [0.05, 0.1) is 6.04 Å². The summed E-state index contributed by atoms with van der Waals surface area (Å²) in [6.45, 7) is 8.09. The molecule has 1 aromatic rings. The van der Waals surface area contributed by atoms with Crippen molar-refractivity contribution in [2.45, 2.75) is 44.9 Å². The van der Waals surface area contributed by atoms with Gasteiger partial charge < -0.3 is 9.45 Å². The quantitative estimate of drug-likeness (QED) is 0.853. The first kappa shape index (κ1) is 15.4. The summed E-state index contributed by atoms with van der Waals surface area (Å²) < 4.78 is 15.2. The Morgan fingerprint density at radius 1 is 1.40 bits per heavy atom. The number of benzene rings is 1. The largest absolute Gasteiger partial charge is 0.598 e. The fraction of sp³-hybridized carbons (Fsp3) is 0.533. The molecule has 0 unspecified atom stereocenters. The summed E-state index contributed by atoms with van der Waals surface area (Å²) in [6.07, 6.45) is 0.776. The van der Waals surface area contributed by atoms with Crippen LogP contribution in [0.4, 0.5) is 5.69 Å². The molecule has 2 atom stereocenters. The van der Waals surface area contributed by atoms with Crippen molar-refractivity contribution in [1.29, 1.82) is 0 Å². The lowest BCUT2D eigenvalue weighted by Gasteiger charge is -2.35. The second-order valence-corrected chi connectivity index (χ2v) is 8.07. The van der Waals surface area contributed by atoms with Crippen molar-refractivity contribution < 1.29 is 9.35 Å². The fourth-order valence-corrected chi connectivity index (χ4v) is 3.17. The molecule has 0 aliphatic carbocycles. The van der Waals surface area contributed by atoms with E-state index in [9.17, 15) is 9.35 Å². The third-order valence-electron chi connectivity index (χ3n) is 3.43. The molecule has 1 aromatic carbocycles. The highest BCUT2D eigenvalue weighted by atomic mass is 32.2. The summed E-state index contributed by atoms with van der Waals surface area (Å²) in [6, 6.07) is 7.86. The van der Waals surface area contributed by atoms with Crippen LogP contribution in [0.3, 0.4) is 0 Å². The molecule has 1 aliphatic rings. The second kappa shape index (κ2) is 5.76. The van der Waals surface area contributed by atoms with Gasteiger partial charge in [0.2, 0.25) is 5.91 Å². The standard InChI is InChI=1S/C15H22N2O2S/c1-11(18)17-10-9-13(16-20(19)15(2,3)4)12-7-5-6-8-14(12)17/h5-8,13,16H,9-10H2,1-4H3/t13-,20-/m1/s1. The number of carbonyl (C=O) groups is 1. The van der Waals surface area contributed by atoms with Gasteiger partial charge in [-0.1, -0.05) is 18.2 Å². The number of carbonyl (C=O) groups excluding carboxylic acids is 1. The van der Waals surface area contributed by atoms with Gasteiger partial charge in [0.25, 0.3) is 0 Å². The molecule has 2 rings (SSSR count). The zero-order valence-corrected chi connectivity index (χ0v) is 13.3. The molecule has 110 valence electrons. The topological polar surface area (TPSA) is 55.4 Å². The summed E-state index contributed by atoms with van der Waals surface area (Å²) in [5.74, 6) is 0.0489. The number of fused-ring (bicyclic) bond motifs is 1. The summed E-state index contributed by atoms with van der Waals surface area (Å²) in [4.78, 5) is 13.5. The Balaban J connectivity index is 2.26. The molecule has 4 nitrogen and oxygen atoms in total. The van der Waals surface area contributed by atoms with Crippen LogP contribution in [0.5, 0.6) is 0 Å². The van der Waals surface area contributed by atoms with Gasteiger partial charge in [0.1, 0.15) is 4.75 Å². The maximum atomic E-state index is 12.3. The van der Waals surface area contributed by atoms with Crippen LogP contribution in [0.2, 0.25) is 0 Å². The molecule has 20 heavy (non-hydrogen) atoms. The van der Waals surface area contributed by atoms with Crippen molar-refractivity contribution in [3.05, 3.63) is 29.8 Å². The molecule has 1 heterocycles. The van der Waals surface area contributed by atoms with Crippen molar-refractivity contribution in [1.82, 2.24) is 4.72 Å². The molecule has 1 N–H and O–H groups in total. The number of hydrogen-bond acceptors (Lipinski definition) is 3. The smallest absolute Gasteiger partial charge is 0.223 e. The molecule has 0 radical (unpaired) electrons. The minimum Gasteiger partial charge on any atom is -0.598 e. The van der Waals surface area contributed by atoms with Gasteiger partial charge in [-0.25, -0.2) is 0 Å². The van der Waals surface area contributed by atoms with E-state index >= 15 is 0 Å². The Hall–Kier alpha value is -1.04. The van der Waals surface area contributed by atoms with Crippen LogP contribution in [-0.2, 0) is 16.2 Å². The van der Waals surface area contributed by atoms with Crippen LogP contribution < -0.4 is 9.62 Å². The minimum atomic E-state index is -1.12. The highest BCUT2D eigenvalue weighted by Crippen LogP contribution is 2.34. The van der Waals surface area contributed by atoms with E-state index in [1.54, 1.807) is 11.8 Å². The van der Waals surface area contributed by atoms with E-state index in [1.807, 2.05) is 45.0 Å². The van der Waals surface area contributed by atoms with Gasteiger partial charge in [-0.15, -0.1) is 4.72 Å². The van der Waals surface area contributed by atoms with Crippen molar-refractivity contribution in [3.8, 4) is 0 Å². The monoisotopic (exact) mass is 294 g/mol. The first-order valence-corrected chi connectivity index (χ1v) is 8.01. The Kier molecular flexibility index (Phi) is 4.42. The van der Waals surface area contributed by atoms with Gasteiger partial charge in [-0.2, -0.15) is 0 Å². The molecular formula is C15H22N2O2S. The molecule has 0 fully saturated rings. The number of nitrogens with one attached hydrogen (secondary N) is 1. The van der Waals surface area contributed by atoms with E-state index in [2.05, 4.69) is 4.72 Å². The highest BCUT2D eigenvalue weighted by molar-refractivity contribution is 7.90. The van der Waals surface area contributed by atoms with Crippen LogP contribution in [-0.4, -0.2) is 21.8 Å². The van der Waals surface area contributed by atoms with Crippen LogP contribution in [0.25, 0.3) is 0 Å². The van der Waals surface area contributed by atoms with Crippen molar-refractivity contribution >= 4 is 23.0 Å². The van der Waals surface area contributed by atoms with Gasteiger partial charge in [-0.05, 0) is 38.8 Å². The zero-order valence-electron chi connectivity index (χ0n) is 12.5. The van der Waals surface area contributed by atoms with E-state index in [4.69, 9.17) is 0 Å². The molecule has 5 heteroatoms. The van der Waals surface area contributed by atoms with Crippen LogP contribution in [0, 0.1) is 0 Å². The highest BCUT2D eigenvalue weighted by Gasteiger charge is 2.33. The summed E-state index contributed by atoms with van der Waals surface area (Å²) in [5, 5.41) is 0. The van der Waals surface area contributed by atoms with Crippen LogP contribution in [0.1, 0.15) is 45.7 Å². The molecule has 0 spiro atoms. The van der Waals surface area contributed by atoms with E-state index in [-0.39, 0.29) is 16.7 Å².